The number of amides is 1. The number of ether oxygens (including phenoxy) is 1. The highest BCUT2D eigenvalue weighted by Gasteiger charge is 2.33. The van der Waals surface area contributed by atoms with Gasteiger partial charge in [-0.15, -0.1) is 0 Å². The average molecular weight is 535 g/mol. The van der Waals surface area contributed by atoms with E-state index in [1.807, 2.05) is 68.8 Å². The minimum absolute atomic E-state index is 0.224. The van der Waals surface area contributed by atoms with E-state index in [0.29, 0.717) is 35.2 Å². The Morgan fingerprint density at radius 3 is 2.83 bits per heavy atom. The predicted molar refractivity (Wildman–Crippen MR) is 155 cm³/mol. The first kappa shape index (κ1) is 27.0. The summed E-state index contributed by atoms with van der Waals surface area (Å²) in [6, 6.07) is 16.8. The number of hydrogen-bond donors (Lipinski definition) is 1. The molecule has 0 fully saturated rings. The van der Waals surface area contributed by atoms with Crippen molar-refractivity contribution in [2.24, 2.45) is 7.05 Å². The molecule has 202 valence electrons. The molecule has 0 saturated heterocycles. The number of halogens is 1. The molecule has 0 aliphatic carbocycles. The lowest BCUT2D eigenvalue weighted by Gasteiger charge is -2.30. The fourth-order valence-electron chi connectivity index (χ4n) is 5.20. The van der Waals surface area contributed by atoms with Gasteiger partial charge in [-0.2, -0.15) is 5.26 Å². The molecule has 0 bridgehead atoms. The van der Waals surface area contributed by atoms with Crippen LogP contribution in [0.5, 0.6) is 0 Å². The van der Waals surface area contributed by atoms with E-state index < -0.39 is 5.41 Å². The zero-order chi connectivity index (χ0) is 28.6. The van der Waals surface area contributed by atoms with Gasteiger partial charge in [-0.05, 0) is 85.2 Å². The molecule has 3 heterocycles. The van der Waals surface area contributed by atoms with E-state index in [1.165, 1.54) is 6.07 Å². The van der Waals surface area contributed by atoms with Crippen molar-refractivity contribution >= 4 is 29.0 Å². The quantitative estimate of drug-likeness (QED) is 0.407. The summed E-state index contributed by atoms with van der Waals surface area (Å²) in [5.74, 6) is -0.519. The van der Waals surface area contributed by atoms with Gasteiger partial charge in [0.25, 0.3) is 5.91 Å². The number of nitrogens with zero attached hydrogens (tertiary/aromatic N) is 3. The van der Waals surface area contributed by atoms with Crippen LogP contribution in [0.25, 0.3) is 34.3 Å². The monoisotopic (exact) mass is 534 g/mol. The Labute approximate surface area is 232 Å². The number of rotatable bonds is 5. The Hall–Kier alpha value is -4.54. The van der Waals surface area contributed by atoms with Crippen molar-refractivity contribution in [2.75, 3.05) is 13.2 Å². The lowest BCUT2D eigenvalue weighted by atomic mass is 9.79. The molecule has 5 rings (SSSR count). The first-order valence-corrected chi connectivity index (χ1v) is 13.1. The van der Waals surface area contributed by atoms with E-state index in [2.05, 4.69) is 18.0 Å². The maximum atomic E-state index is 14.6. The standard InChI is InChI=1S/C33H31FN4O2/c1-6-22-9-12-29(25-10-11-28(34)31-26(25)14-21(3)38(31)5)37-30(22)13-20(2)16-36-32(39)23-7-8-24-17-40-19-33(4,18-35)27(24)15-23/h6-15H,2,16-17,19H2,1,3-5H3,(H,36,39)/b22-6-,30-13+/t33-/m1/s1. The van der Waals surface area contributed by atoms with Crippen molar-refractivity contribution < 1.29 is 13.9 Å². The summed E-state index contributed by atoms with van der Waals surface area (Å²) in [5.41, 5.74) is 5.19. The first-order chi connectivity index (χ1) is 19.1. The second-order valence-corrected chi connectivity index (χ2v) is 10.5. The summed E-state index contributed by atoms with van der Waals surface area (Å²) >= 11 is 0. The molecule has 0 unspecified atom stereocenters. The van der Waals surface area contributed by atoms with Crippen molar-refractivity contribution in [3.63, 3.8) is 0 Å². The normalized spacial score (nSPS) is 17.5. The molecular weight excluding hydrogens is 503 g/mol. The molecule has 4 aromatic rings. The molecule has 7 heteroatoms. The van der Waals surface area contributed by atoms with Gasteiger partial charge in [-0.1, -0.05) is 24.8 Å². The molecular formula is C33H31FN4O2. The number of carbonyl (C=O) groups is 1. The Morgan fingerprint density at radius 1 is 1.27 bits per heavy atom. The van der Waals surface area contributed by atoms with Gasteiger partial charge < -0.3 is 14.6 Å². The average Bonchev–Trinajstić information content (AvgIpc) is 3.26. The molecule has 1 aliphatic heterocycles. The first-order valence-electron chi connectivity index (χ1n) is 13.1. The lowest BCUT2D eigenvalue weighted by Crippen LogP contribution is -2.33. The number of aromatic nitrogens is 2. The number of pyridine rings is 1. The highest BCUT2D eigenvalue weighted by molar-refractivity contribution is 5.96. The van der Waals surface area contributed by atoms with Crippen LogP contribution >= 0.6 is 0 Å². The third-order valence-electron chi connectivity index (χ3n) is 7.61. The van der Waals surface area contributed by atoms with Crippen LogP contribution in [0.3, 0.4) is 0 Å². The zero-order valence-electron chi connectivity index (χ0n) is 23.1. The number of fused-ring (bicyclic) bond motifs is 2. The van der Waals surface area contributed by atoms with Crippen LogP contribution in [0.4, 0.5) is 4.39 Å². The van der Waals surface area contributed by atoms with Gasteiger partial charge in [0.2, 0.25) is 0 Å². The van der Waals surface area contributed by atoms with E-state index in [4.69, 9.17) is 9.72 Å². The number of carbonyl (C=O) groups excluding carboxylic acids is 1. The number of aryl methyl sites for hydroxylation is 2. The highest BCUT2D eigenvalue weighted by Crippen LogP contribution is 2.33. The SMILES string of the molecule is C=C(/C=c1/nc(-c2ccc(F)c3c2cc(C)n3C)cc/c1=C/C)CNC(=O)c1ccc2c(c1)[C@](C)(C#N)COC2. The van der Waals surface area contributed by atoms with Crippen LogP contribution in [0.2, 0.25) is 0 Å². The molecule has 0 radical (unpaired) electrons. The van der Waals surface area contributed by atoms with Crippen molar-refractivity contribution in [2.45, 2.75) is 32.8 Å². The fraction of sp³-hybridized carbons (Fsp3) is 0.242. The van der Waals surface area contributed by atoms with Gasteiger partial charge in [-0.3, -0.25) is 4.79 Å². The number of benzene rings is 2. The highest BCUT2D eigenvalue weighted by atomic mass is 19.1. The smallest absolute Gasteiger partial charge is 0.251 e. The molecule has 6 nitrogen and oxygen atoms in total. The van der Waals surface area contributed by atoms with Crippen LogP contribution in [0.15, 0.2) is 60.7 Å². The Bertz CT molecular complexity index is 1850. The summed E-state index contributed by atoms with van der Waals surface area (Å²) in [7, 11) is 1.85. The Balaban J connectivity index is 1.41. The molecule has 0 saturated carbocycles. The molecule has 1 amide bonds. The van der Waals surface area contributed by atoms with Gasteiger partial charge in [0.1, 0.15) is 11.2 Å². The van der Waals surface area contributed by atoms with Crippen LogP contribution in [0.1, 0.15) is 41.0 Å². The minimum atomic E-state index is -0.792. The summed E-state index contributed by atoms with van der Waals surface area (Å²) in [6.07, 6.45) is 3.82. The van der Waals surface area contributed by atoms with E-state index in [1.54, 1.807) is 18.2 Å². The molecule has 0 spiro atoms. The number of nitrogens with one attached hydrogen (secondary N) is 1. The van der Waals surface area contributed by atoms with Gasteiger partial charge in [0.05, 0.1) is 35.8 Å². The van der Waals surface area contributed by atoms with E-state index in [9.17, 15) is 14.4 Å². The number of hydrogen-bond acceptors (Lipinski definition) is 4. The second-order valence-electron chi connectivity index (χ2n) is 10.5. The van der Waals surface area contributed by atoms with Crippen molar-refractivity contribution in [3.05, 3.63) is 99.5 Å². The lowest BCUT2D eigenvalue weighted by molar-refractivity contribution is 0.0757. The predicted octanol–water partition coefficient (Wildman–Crippen LogP) is 4.57. The summed E-state index contributed by atoms with van der Waals surface area (Å²) in [4.78, 5) is 17.9. The second kappa shape index (κ2) is 10.6. The molecule has 1 atom stereocenters. The zero-order valence-corrected chi connectivity index (χ0v) is 23.1. The Kier molecular flexibility index (Phi) is 7.14. The van der Waals surface area contributed by atoms with Crippen LogP contribution in [-0.4, -0.2) is 28.6 Å². The van der Waals surface area contributed by atoms with Crippen LogP contribution in [-0.2, 0) is 23.8 Å². The van der Waals surface area contributed by atoms with Crippen LogP contribution in [0, 0.1) is 24.1 Å². The molecule has 2 aromatic carbocycles. The van der Waals surface area contributed by atoms with Crippen LogP contribution < -0.4 is 15.9 Å². The summed E-state index contributed by atoms with van der Waals surface area (Å²) in [5, 5.41) is 15.1. The van der Waals surface area contributed by atoms with Crippen molar-refractivity contribution in [1.29, 1.82) is 5.26 Å². The maximum absolute atomic E-state index is 14.6. The van der Waals surface area contributed by atoms with Crippen molar-refractivity contribution in [1.82, 2.24) is 14.9 Å². The molecule has 2 aromatic heterocycles. The van der Waals surface area contributed by atoms with Gasteiger partial charge in [0.15, 0.2) is 0 Å². The Morgan fingerprint density at radius 2 is 2.08 bits per heavy atom. The van der Waals surface area contributed by atoms with Gasteiger partial charge in [-0.25, -0.2) is 9.37 Å². The molecule has 1 aliphatic rings. The third kappa shape index (κ3) is 4.83. The van der Waals surface area contributed by atoms with Crippen molar-refractivity contribution in [3.8, 4) is 17.3 Å². The topological polar surface area (TPSA) is 79.9 Å². The fourth-order valence-corrected chi connectivity index (χ4v) is 5.20. The molecule has 40 heavy (non-hydrogen) atoms. The van der Waals surface area contributed by atoms with E-state index >= 15 is 0 Å². The van der Waals surface area contributed by atoms with Gasteiger partial charge in [0, 0.05) is 35.8 Å². The van der Waals surface area contributed by atoms with E-state index in [-0.39, 0.29) is 18.3 Å². The minimum Gasteiger partial charge on any atom is -0.375 e. The summed E-state index contributed by atoms with van der Waals surface area (Å²) < 4.78 is 22.0. The van der Waals surface area contributed by atoms with Gasteiger partial charge >= 0.3 is 0 Å². The molecule has 1 N–H and O–H groups in total. The summed E-state index contributed by atoms with van der Waals surface area (Å²) in [6.45, 7) is 10.8. The third-order valence-corrected chi connectivity index (χ3v) is 7.61. The van der Waals surface area contributed by atoms with E-state index in [0.717, 1.165) is 38.7 Å². The number of nitriles is 1. The largest absolute Gasteiger partial charge is 0.375 e. The maximum Gasteiger partial charge on any atom is 0.251 e.